The lowest BCUT2D eigenvalue weighted by Gasteiger charge is -2.23. The largest absolute Gasteiger partial charge is 0.484 e. The standard InChI is InChI=1S/C26H22ClN5O3/c1-16(33)28-17-10-12-18(13-11-17)35-15-25(34)32-24(19-6-2-3-7-20(19)27)14-23(31-32)26-29-21-8-4-5-9-22(21)30-26/h2-13,24H,14-15H2,1H3,(H,28,33)(H,29,30). The Bertz CT molecular complexity index is 1400. The van der Waals surface area contributed by atoms with Gasteiger partial charge in [0.25, 0.3) is 5.91 Å². The summed E-state index contributed by atoms with van der Waals surface area (Å²) in [5, 5.41) is 9.31. The van der Waals surface area contributed by atoms with Gasteiger partial charge in [-0.05, 0) is 48.0 Å². The van der Waals surface area contributed by atoms with Gasteiger partial charge < -0.3 is 15.0 Å². The van der Waals surface area contributed by atoms with Crippen molar-refractivity contribution in [2.24, 2.45) is 5.10 Å². The van der Waals surface area contributed by atoms with E-state index < -0.39 is 0 Å². The van der Waals surface area contributed by atoms with Gasteiger partial charge in [0.05, 0.1) is 17.1 Å². The number of carbonyl (C=O) groups is 2. The normalized spacial score (nSPS) is 15.2. The van der Waals surface area contributed by atoms with Gasteiger partial charge in [-0.25, -0.2) is 9.99 Å². The fourth-order valence-electron chi connectivity index (χ4n) is 4.01. The first-order valence-electron chi connectivity index (χ1n) is 11.1. The number of anilines is 1. The molecule has 0 aliphatic carbocycles. The number of H-pyrrole nitrogens is 1. The number of imidazole rings is 1. The van der Waals surface area contributed by atoms with Gasteiger partial charge in [-0.3, -0.25) is 9.59 Å². The van der Waals surface area contributed by atoms with Crippen LogP contribution in [0.4, 0.5) is 5.69 Å². The SMILES string of the molecule is CC(=O)Nc1ccc(OCC(=O)N2N=C(c3nc4ccccc4[nH]3)CC2c2ccccc2Cl)cc1. The Morgan fingerprint density at radius 3 is 2.57 bits per heavy atom. The average molecular weight is 488 g/mol. The molecular weight excluding hydrogens is 466 g/mol. The topological polar surface area (TPSA) is 99.7 Å². The van der Waals surface area contributed by atoms with Gasteiger partial charge in [0, 0.05) is 24.1 Å². The number of nitrogens with zero attached hydrogens (tertiary/aromatic N) is 3. The van der Waals surface area contributed by atoms with Crippen molar-refractivity contribution in [1.29, 1.82) is 0 Å². The first-order valence-corrected chi connectivity index (χ1v) is 11.5. The third-order valence-corrected chi connectivity index (χ3v) is 5.97. The smallest absolute Gasteiger partial charge is 0.281 e. The van der Waals surface area contributed by atoms with E-state index in [-0.39, 0.29) is 24.5 Å². The zero-order chi connectivity index (χ0) is 24.4. The summed E-state index contributed by atoms with van der Waals surface area (Å²) in [4.78, 5) is 32.4. The van der Waals surface area contributed by atoms with Crippen molar-refractivity contribution in [2.45, 2.75) is 19.4 Å². The highest BCUT2D eigenvalue weighted by Gasteiger charge is 2.35. The van der Waals surface area contributed by atoms with E-state index in [1.807, 2.05) is 42.5 Å². The molecule has 0 radical (unpaired) electrons. The monoisotopic (exact) mass is 487 g/mol. The number of fused-ring (bicyclic) bond motifs is 1. The van der Waals surface area contributed by atoms with E-state index in [0.717, 1.165) is 16.6 Å². The van der Waals surface area contributed by atoms with Crippen LogP contribution >= 0.6 is 11.6 Å². The molecule has 1 aliphatic heterocycles. The van der Waals surface area contributed by atoms with E-state index in [2.05, 4.69) is 20.4 Å². The molecule has 176 valence electrons. The molecule has 1 atom stereocenters. The van der Waals surface area contributed by atoms with Crippen LogP contribution in [0.25, 0.3) is 11.0 Å². The summed E-state index contributed by atoms with van der Waals surface area (Å²) in [5.74, 6) is 0.647. The van der Waals surface area contributed by atoms with Crippen LogP contribution in [-0.2, 0) is 9.59 Å². The minimum absolute atomic E-state index is 0.161. The minimum atomic E-state index is -0.384. The van der Waals surface area contributed by atoms with Gasteiger partial charge in [-0.2, -0.15) is 5.10 Å². The molecule has 1 unspecified atom stereocenters. The molecule has 0 fully saturated rings. The Hall–Kier alpha value is -4.17. The number of ether oxygens (including phenoxy) is 1. The van der Waals surface area contributed by atoms with E-state index in [0.29, 0.717) is 34.4 Å². The lowest BCUT2D eigenvalue weighted by atomic mass is 10.0. The predicted molar refractivity (Wildman–Crippen MR) is 135 cm³/mol. The van der Waals surface area contributed by atoms with Gasteiger partial charge >= 0.3 is 0 Å². The minimum Gasteiger partial charge on any atom is -0.484 e. The number of hydrogen-bond acceptors (Lipinski definition) is 5. The number of aromatic nitrogens is 2. The van der Waals surface area contributed by atoms with Crippen LogP contribution < -0.4 is 10.1 Å². The fourth-order valence-corrected chi connectivity index (χ4v) is 4.27. The molecule has 3 aromatic carbocycles. The molecule has 1 aliphatic rings. The third kappa shape index (κ3) is 4.88. The second-order valence-electron chi connectivity index (χ2n) is 8.12. The molecular formula is C26H22ClN5O3. The van der Waals surface area contributed by atoms with E-state index in [9.17, 15) is 9.59 Å². The molecule has 0 spiro atoms. The maximum Gasteiger partial charge on any atom is 0.281 e. The van der Waals surface area contributed by atoms with Gasteiger partial charge in [0.1, 0.15) is 11.5 Å². The van der Waals surface area contributed by atoms with E-state index in [1.54, 1.807) is 30.3 Å². The highest BCUT2D eigenvalue weighted by molar-refractivity contribution is 6.31. The number of rotatable bonds is 6. The zero-order valence-electron chi connectivity index (χ0n) is 18.9. The Kier molecular flexibility index (Phi) is 6.20. The maximum atomic E-state index is 13.2. The highest BCUT2D eigenvalue weighted by Crippen LogP contribution is 2.36. The molecule has 2 heterocycles. The molecule has 0 saturated heterocycles. The summed E-state index contributed by atoms with van der Waals surface area (Å²) in [6.07, 6.45) is 0.459. The average Bonchev–Trinajstić information content (AvgIpc) is 3.48. The molecule has 2 N–H and O–H groups in total. The summed E-state index contributed by atoms with van der Waals surface area (Å²) in [7, 11) is 0. The molecule has 5 rings (SSSR count). The highest BCUT2D eigenvalue weighted by atomic mass is 35.5. The number of halogens is 1. The molecule has 0 saturated carbocycles. The molecule has 4 aromatic rings. The second-order valence-corrected chi connectivity index (χ2v) is 8.53. The molecule has 1 aromatic heterocycles. The first-order chi connectivity index (χ1) is 17.0. The van der Waals surface area contributed by atoms with Crippen molar-refractivity contribution in [3.8, 4) is 5.75 Å². The van der Waals surface area contributed by atoms with E-state index in [1.165, 1.54) is 11.9 Å². The van der Waals surface area contributed by atoms with Crippen molar-refractivity contribution in [3.05, 3.63) is 89.2 Å². The number of hydrazone groups is 1. The van der Waals surface area contributed by atoms with E-state index >= 15 is 0 Å². The summed E-state index contributed by atoms with van der Waals surface area (Å²) in [6.45, 7) is 1.23. The molecule has 9 heteroatoms. The van der Waals surface area contributed by atoms with Gasteiger partial charge in [-0.15, -0.1) is 0 Å². The van der Waals surface area contributed by atoms with Crippen molar-refractivity contribution < 1.29 is 14.3 Å². The predicted octanol–water partition coefficient (Wildman–Crippen LogP) is 4.93. The lowest BCUT2D eigenvalue weighted by Crippen LogP contribution is -2.31. The Morgan fingerprint density at radius 1 is 1.09 bits per heavy atom. The van der Waals surface area contributed by atoms with Crippen LogP contribution in [0.1, 0.15) is 30.8 Å². The van der Waals surface area contributed by atoms with Crippen LogP contribution in [0.3, 0.4) is 0 Å². The van der Waals surface area contributed by atoms with Gasteiger partial charge in [-0.1, -0.05) is 41.9 Å². The van der Waals surface area contributed by atoms with Crippen LogP contribution in [-0.4, -0.2) is 39.1 Å². The Labute approximate surface area is 206 Å². The number of benzene rings is 3. The van der Waals surface area contributed by atoms with Crippen LogP contribution in [0.5, 0.6) is 5.75 Å². The maximum absolute atomic E-state index is 13.2. The molecule has 2 amide bonds. The van der Waals surface area contributed by atoms with Crippen molar-refractivity contribution in [2.75, 3.05) is 11.9 Å². The summed E-state index contributed by atoms with van der Waals surface area (Å²) < 4.78 is 5.71. The fraction of sp³-hybridized carbons (Fsp3) is 0.154. The summed E-state index contributed by atoms with van der Waals surface area (Å²) in [5.41, 5.74) is 3.84. The number of hydrogen-bond donors (Lipinski definition) is 2. The zero-order valence-corrected chi connectivity index (χ0v) is 19.6. The van der Waals surface area contributed by atoms with Crippen LogP contribution in [0.15, 0.2) is 77.9 Å². The van der Waals surface area contributed by atoms with Gasteiger partial charge in [0.15, 0.2) is 12.4 Å². The number of nitrogens with one attached hydrogen (secondary N) is 2. The first kappa shape index (κ1) is 22.6. The van der Waals surface area contributed by atoms with Gasteiger partial charge in [0.2, 0.25) is 5.91 Å². The molecule has 8 nitrogen and oxygen atoms in total. The van der Waals surface area contributed by atoms with Crippen LogP contribution in [0.2, 0.25) is 5.02 Å². The second kappa shape index (κ2) is 9.60. The number of aromatic amines is 1. The van der Waals surface area contributed by atoms with Crippen molar-refractivity contribution in [3.63, 3.8) is 0 Å². The summed E-state index contributed by atoms with van der Waals surface area (Å²) >= 11 is 6.48. The number of para-hydroxylation sites is 2. The molecule has 0 bridgehead atoms. The molecule has 35 heavy (non-hydrogen) atoms. The quantitative estimate of drug-likeness (QED) is 0.402. The number of amides is 2. The Balaban J connectivity index is 1.38. The lowest BCUT2D eigenvalue weighted by molar-refractivity contribution is -0.135. The van der Waals surface area contributed by atoms with Crippen molar-refractivity contribution >= 4 is 45.8 Å². The number of carbonyl (C=O) groups excluding carboxylic acids is 2. The Morgan fingerprint density at radius 2 is 1.83 bits per heavy atom. The van der Waals surface area contributed by atoms with Crippen molar-refractivity contribution in [1.82, 2.24) is 15.0 Å². The third-order valence-electron chi connectivity index (χ3n) is 5.63. The van der Waals surface area contributed by atoms with Crippen LogP contribution in [0, 0.1) is 0 Å². The van der Waals surface area contributed by atoms with E-state index in [4.69, 9.17) is 16.3 Å². The summed E-state index contributed by atoms with van der Waals surface area (Å²) in [6, 6.07) is 21.6.